The summed E-state index contributed by atoms with van der Waals surface area (Å²) in [6.45, 7) is 5.39. The fourth-order valence-electron chi connectivity index (χ4n) is 2.46. The van der Waals surface area contributed by atoms with Gasteiger partial charge in [0.2, 0.25) is 17.0 Å². The van der Waals surface area contributed by atoms with E-state index in [1.807, 2.05) is 19.1 Å². The van der Waals surface area contributed by atoms with E-state index >= 15 is 0 Å². The number of H-pyrrole nitrogens is 1. The van der Waals surface area contributed by atoms with E-state index in [-0.39, 0.29) is 23.8 Å². The smallest absolute Gasteiger partial charge is 0.348 e. The Morgan fingerprint density at radius 2 is 2.25 bits per heavy atom. The van der Waals surface area contributed by atoms with Gasteiger partial charge in [-0.2, -0.15) is 15.3 Å². The number of esters is 1. The van der Waals surface area contributed by atoms with E-state index in [4.69, 9.17) is 9.15 Å². The van der Waals surface area contributed by atoms with Crippen LogP contribution in [0.15, 0.2) is 26.8 Å². The van der Waals surface area contributed by atoms with Crippen molar-refractivity contribution in [2.75, 3.05) is 23.1 Å². The van der Waals surface area contributed by atoms with Gasteiger partial charge in [0.1, 0.15) is 27.5 Å². The first-order chi connectivity index (χ1) is 15.4. The van der Waals surface area contributed by atoms with E-state index < -0.39 is 5.97 Å². The summed E-state index contributed by atoms with van der Waals surface area (Å²) < 4.78 is 10.4. The van der Waals surface area contributed by atoms with Crippen LogP contribution in [0, 0.1) is 25.2 Å². The number of aromatic amines is 1. The molecule has 0 atom stereocenters. The zero-order valence-corrected chi connectivity index (χ0v) is 19.0. The SMILES string of the molecule is CCOC(=O)c1sc(NC(=O)CSc2n[nH]c(N/N=C/c3ccc(C)o3)n2)c(C#N)c1C. The predicted octanol–water partition coefficient (Wildman–Crippen LogP) is 3.30. The molecule has 3 N–H and O–H groups in total. The Morgan fingerprint density at radius 3 is 2.94 bits per heavy atom. The minimum atomic E-state index is -0.521. The number of hydrazone groups is 1. The van der Waals surface area contributed by atoms with Crippen LogP contribution in [-0.4, -0.2) is 45.6 Å². The second kappa shape index (κ2) is 10.6. The minimum Gasteiger partial charge on any atom is -0.462 e. The number of nitrogens with zero attached hydrogens (tertiary/aromatic N) is 4. The number of amides is 1. The number of thioether (sulfide) groups is 1. The highest BCUT2D eigenvalue weighted by atomic mass is 32.2. The van der Waals surface area contributed by atoms with Gasteiger partial charge in [0.05, 0.1) is 24.1 Å². The third kappa shape index (κ3) is 5.74. The number of ether oxygens (including phenoxy) is 1. The minimum absolute atomic E-state index is 0.00277. The van der Waals surface area contributed by atoms with Crippen molar-refractivity contribution >= 4 is 52.1 Å². The molecule has 0 bridgehead atoms. The number of nitriles is 1. The second-order valence-corrected chi connectivity index (χ2v) is 8.18. The summed E-state index contributed by atoms with van der Waals surface area (Å²) in [5.41, 5.74) is 3.40. The predicted molar refractivity (Wildman–Crippen MR) is 120 cm³/mol. The van der Waals surface area contributed by atoms with Gasteiger partial charge in [0.15, 0.2) is 0 Å². The van der Waals surface area contributed by atoms with Gasteiger partial charge in [0.25, 0.3) is 0 Å². The summed E-state index contributed by atoms with van der Waals surface area (Å²) in [6.07, 6.45) is 1.50. The van der Waals surface area contributed by atoms with E-state index in [1.165, 1.54) is 6.21 Å². The molecule has 32 heavy (non-hydrogen) atoms. The Balaban J connectivity index is 1.54. The lowest BCUT2D eigenvalue weighted by Gasteiger charge is -2.01. The van der Waals surface area contributed by atoms with Crippen molar-refractivity contribution in [2.24, 2.45) is 5.10 Å². The van der Waals surface area contributed by atoms with Gasteiger partial charge in [-0.1, -0.05) is 11.8 Å². The molecule has 3 heterocycles. The van der Waals surface area contributed by atoms with Crippen LogP contribution in [0.5, 0.6) is 0 Å². The number of hydrogen-bond donors (Lipinski definition) is 3. The molecular formula is C19H19N7O4S2. The maximum Gasteiger partial charge on any atom is 0.348 e. The highest BCUT2D eigenvalue weighted by molar-refractivity contribution is 7.99. The molecule has 0 aliphatic rings. The van der Waals surface area contributed by atoms with Gasteiger partial charge < -0.3 is 14.5 Å². The number of aromatic nitrogens is 3. The first-order valence-electron chi connectivity index (χ1n) is 9.32. The zero-order chi connectivity index (χ0) is 23.1. The molecule has 0 aliphatic carbocycles. The fraction of sp³-hybridized carbons (Fsp3) is 0.263. The van der Waals surface area contributed by atoms with Crippen molar-refractivity contribution in [2.45, 2.75) is 25.9 Å². The van der Waals surface area contributed by atoms with Crippen molar-refractivity contribution in [3.8, 4) is 6.07 Å². The molecule has 11 nitrogen and oxygen atoms in total. The number of furan rings is 1. The van der Waals surface area contributed by atoms with Crippen LogP contribution in [0.1, 0.15) is 39.2 Å². The Morgan fingerprint density at radius 1 is 1.44 bits per heavy atom. The summed E-state index contributed by atoms with van der Waals surface area (Å²) in [5.74, 6) is 0.781. The molecule has 0 spiro atoms. The summed E-state index contributed by atoms with van der Waals surface area (Å²) in [6, 6.07) is 5.62. The third-order valence-electron chi connectivity index (χ3n) is 3.89. The number of aryl methyl sites for hydroxylation is 1. The van der Waals surface area contributed by atoms with Crippen molar-refractivity contribution < 1.29 is 18.7 Å². The first kappa shape index (κ1) is 23.0. The number of thiophene rings is 1. The van der Waals surface area contributed by atoms with Crippen LogP contribution in [0.25, 0.3) is 0 Å². The second-order valence-electron chi connectivity index (χ2n) is 6.21. The van der Waals surface area contributed by atoms with Gasteiger partial charge in [-0.15, -0.1) is 16.4 Å². The van der Waals surface area contributed by atoms with Crippen LogP contribution in [0.3, 0.4) is 0 Å². The Hall–Kier alpha value is -3.63. The number of anilines is 2. The fourth-order valence-corrected chi connectivity index (χ4v) is 4.13. The molecule has 1 amide bonds. The van der Waals surface area contributed by atoms with E-state index in [0.717, 1.165) is 28.9 Å². The molecule has 0 aliphatic heterocycles. The maximum absolute atomic E-state index is 12.3. The standard InChI is InChI=1S/C19H19N7O4S2/c1-4-29-17(28)15-11(3)13(7-20)16(32-15)22-14(27)9-31-19-23-18(25-26-19)24-21-8-12-6-5-10(2)30-12/h5-6,8H,4,9H2,1-3H3,(H,22,27)(H2,23,24,25,26)/b21-8+. The molecule has 0 fully saturated rings. The summed E-state index contributed by atoms with van der Waals surface area (Å²) in [5, 5.41) is 23.3. The molecule has 166 valence electrons. The number of rotatable bonds is 9. The maximum atomic E-state index is 12.3. The molecule has 0 saturated heterocycles. The number of hydrogen-bond acceptors (Lipinski definition) is 11. The summed E-state index contributed by atoms with van der Waals surface area (Å²) in [7, 11) is 0. The number of carbonyl (C=O) groups excluding carboxylic acids is 2. The van der Waals surface area contributed by atoms with Gasteiger partial charge in [-0.3, -0.25) is 4.79 Å². The normalized spacial score (nSPS) is 10.8. The van der Waals surface area contributed by atoms with Crippen LogP contribution in [0.4, 0.5) is 10.9 Å². The summed E-state index contributed by atoms with van der Waals surface area (Å²) >= 11 is 2.11. The molecule has 0 unspecified atom stereocenters. The molecule has 0 saturated carbocycles. The number of nitrogens with one attached hydrogen (secondary N) is 3. The Kier molecular flexibility index (Phi) is 7.63. The van der Waals surface area contributed by atoms with Crippen LogP contribution in [-0.2, 0) is 9.53 Å². The number of carbonyl (C=O) groups is 2. The lowest BCUT2D eigenvalue weighted by atomic mass is 10.2. The lowest BCUT2D eigenvalue weighted by Crippen LogP contribution is -2.14. The van der Waals surface area contributed by atoms with E-state index in [2.05, 4.69) is 31.0 Å². The molecular weight excluding hydrogens is 454 g/mol. The van der Waals surface area contributed by atoms with Gasteiger partial charge >= 0.3 is 5.97 Å². The van der Waals surface area contributed by atoms with Crippen LogP contribution in [0.2, 0.25) is 0 Å². The Labute approximate surface area is 191 Å². The van der Waals surface area contributed by atoms with Crippen molar-refractivity contribution in [3.05, 3.63) is 39.7 Å². The van der Waals surface area contributed by atoms with Crippen molar-refractivity contribution in [1.82, 2.24) is 15.2 Å². The summed E-state index contributed by atoms with van der Waals surface area (Å²) in [4.78, 5) is 28.8. The zero-order valence-electron chi connectivity index (χ0n) is 17.4. The lowest BCUT2D eigenvalue weighted by molar-refractivity contribution is -0.113. The van der Waals surface area contributed by atoms with E-state index in [9.17, 15) is 14.9 Å². The molecule has 3 rings (SSSR count). The molecule has 3 aromatic rings. The molecule has 0 radical (unpaired) electrons. The average Bonchev–Trinajstić information content (AvgIpc) is 3.46. The van der Waals surface area contributed by atoms with Gasteiger partial charge in [0, 0.05) is 0 Å². The first-order valence-corrected chi connectivity index (χ1v) is 11.1. The average molecular weight is 474 g/mol. The van der Waals surface area contributed by atoms with Gasteiger partial charge in [-0.05, 0) is 38.5 Å². The third-order valence-corrected chi connectivity index (χ3v) is 5.93. The molecule has 0 aromatic carbocycles. The van der Waals surface area contributed by atoms with E-state index in [0.29, 0.717) is 32.3 Å². The Bertz CT molecular complexity index is 1190. The molecule has 13 heteroatoms. The topological polar surface area (TPSA) is 158 Å². The molecule has 3 aromatic heterocycles. The quantitative estimate of drug-likeness (QED) is 0.183. The van der Waals surface area contributed by atoms with Crippen molar-refractivity contribution in [3.63, 3.8) is 0 Å². The van der Waals surface area contributed by atoms with Crippen LogP contribution >= 0.6 is 23.1 Å². The highest BCUT2D eigenvalue weighted by Gasteiger charge is 2.22. The van der Waals surface area contributed by atoms with Crippen LogP contribution < -0.4 is 10.7 Å². The van der Waals surface area contributed by atoms with Crippen molar-refractivity contribution in [1.29, 1.82) is 5.26 Å². The monoisotopic (exact) mass is 473 g/mol. The van der Waals surface area contributed by atoms with E-state index in [1.54, 1.807) is 19.9 Å². The largest absolute Gasteiger partial charge is 0.462 e. The van der Waals surface area contributed by atoms with Gasteiger partial charge in [-0.25, -0.2) is 15.3 Å². The highest BCUT2D eigenvalue weighted by Crippen LogP contribution is 2.33.